The van der Waals surface area contributed by atoms with Crippen LogP contribution < -0.4 is 16.0 Å². The molecule has 1 aromatic heterocycles. The highest BCUT2D eigenvalue weighted by molar-refractivity contribution is 7.15. The zero-order valence-corrected chi connectivity index (χ0v) is 19.0. The SMILES string of the molecule is CCC(NC(=O)Cc1cc(F)cc(F)c1)C(=O)Nc1nnc(C(C)CCNC(C)C)s1. The number of carbonyl (C=O) groups is 2. The van der Waals surface area contributed by atoms with Gasteiger partial charge in [-0.15, -0.1) is 10.2 Å². The maximum atomic E-state index is 13.3. The smallest absolute Gasteiger partial charge is 0.248 e. The van der Waals surface area contributed by atoms with Crippen LogP contribution in [0, 0.1) is 11.6 Å². The molecule has 10 heteroatoms. The van der Waals surface area contributed by atoms with Crippen molar-refractivity contribution in [3.63, 3.8) is 0 Å². The third-order valence-electron chi connectivity index (χ3n) is 4.57. The minimum atomic E-state index is -0.800. The molecule has 0 saturated heterocycles. The lowest BCUT2D eigenvalue weighted by Gasteiger charge is -2.16. The van der Waals surface area contributed by atoms with Gasteiger partial charge in [0.25, 0.3) is 0 Å². The van der Waals surface area contributed by atoms with Gasteiger partial charge in [-0.3, -0.25) is 14.9 Å². The average Bonchev–Trinajstić information content (AvgIpc) is 3.13. The van der Waals surface area contributed by atoms with Crippen molar-refractivity contribution < 1.29 is 18.4 Å². The van der Waals surface area contributed by atoms with Crippen molar-refractivity contribution in [2.75, 3.05) is 11.9 Å². The van der Waals surface area contributed by atoms with Crippen LogP contribution in [0.3, 0.4) is 0 Å². The number of carbonyl (C=O) groups excluding carboxylic acids is 2. The van der Waals surface area contributed by atoms with Gasteiger partial charge in [-0.1, -0.05) is 39.0 Å². The third kappa shape index (κ3) is 8.29. The van der Waals surface area contributed by atoms with Gasteiger partial charge >= 0.3 is 0 Å². The summed E-state index contributed by atoms with van der Waals surface area (Å²) in [6, 6.07) is 2.53. The molecule has 1 heterocycles. The van der Waals surface area contributed by atoms with Gasteiger partial charge in [-0.05, 0) is 37.1 Å². The van der Waals surface area contributed by atoms with Crippen molar-refractivity contribution >= 4 is 28.3 Å². The zero-order valence-electron chi connectivity index (χ0n) is 18.2. The molecule has 0 radical (unpaired) electrons. The number of nitrogens with zero attached hydrogens (tertiary/aromatic N) is 2. The highest BCUT2D eigenvalue weighted by atomic mass is 32.1. The summed E-state index contributed by atoms with van der Waals surface area (Å²) in [4.78, 5) is 24.8. The number of nitrogens with one attached hydrogen (secondary N) is 3. The number of hydrogen-bond donors (Lipinski definition) is 3. The number of rotatable bonds is 11. The van der Waals surface area contributed by atoms with Gasteiger partial charge < -0.3 is 10.6 Å². The molecule has 1 aromatic carbocycles. The molecule has 2 aromatic rings. The average molecular weight is 454 g/mol. The van der Waals surface area contributed by atoms with E-state index in [4.69, 9.17) is 0 Å². The Bertz CT molecular complexity index is 870. The van der Waals surface area contributed by atoms with Crippen LogP contribution in [0.2, 0.25) is 0 Å². The highest BCUT2D eigenvalue weighted by Gasteiger charge is 2.21. The van der Waals surface area contributed by atoms with Crippen molar-refractivity contribution in [2.24, 2.45) is 0 Å². The van der Waals surface area contributed by atoms with Crippen molar-refractivity contribution in [1.29, 1.82) is 0 Å². The second-order valence-corrected chi connectivity index (χ2v) is 8.73. The molecule has 0 aliphatic carbocycles. The van der Waals surface area contributed by atoms with Crippen LogP contribution in [-0.2, 0) is 16.0 Å². The molecular weight excluding hydrogens is 424 g/mol. The lowest BCUT2D eigenvalue weighted by Crippen LogP contribution is -2.44. The highest BCUT2D eigenvalue weighted by Crippen LogP contribution is 2.25. The van der Waals surface area contributed by atoms with E-state index < -0.39 is 29.5 Å². The predicted octanol–water partition coefficient (Wildman–Crippen LogP) is 3.38. The van der Waals surface area contributed by atoms with Crippen LogP contribution in [0.15, 0.2) is 18.2 Å². The summed E-state index contributed by atoms with van der Waals surface area (Å²) in [6.45, 7) is 8.84. The first-order chi connectivity index (χ1) is 14.7. The lowest BCUT2D eigenvalue weighted by molar-refractivity contribution is -0.126. The summed E-state index contributed by atoms with van der Waals surface area (Å²) in [6.07, 6.45) is 1.01. The Morgan fingerprint density at radius 3 is 2.39 bits per heavy atom. The van der Waals surface area contributed by atoms with Crippen molar-refractivity contribution in [2.45, 2.75) is 65.0 Å². The number of amides is 2. The molecule has 0 spiro atoms. The minimum absolute atomic E-state index is 0.194. The van der Waals surface area contributed by atoms with E-state index in [0.717, 1.165) is 36.2 Å². The number of halogens is 2. The maximum absolute atomic E-state index is 13.3. The number of benzene rings is 1. The largest absolute Gasteiger partial charge is 0.344 e. The molecule has 2 amide bonds. The second kappa shape index (κ2) is 11.8. The fraction of sp³-hybridized carbons (Fsp3) is 0.524. The third-order valence-corrected chi connectivity index (χ3v) is 5.64. The summed E-state index contributed by atoms with van der Waals surface area (Å²) in [5, 5.41) is 18.0. The van der Waals surface area contributed by atoms with Crippen molar-refractivity contribution in [3.8, 4) is 0 Å². The topological polar surface area (TPSA) is 96.0 Å². The van der Waals surface area contributed by atoms with Crippen molar-refractivity contribution in [1.82, 2.24) is 20.8 Å². The first-order valence-corrected chi connectivity index (χ1v) is 11.1. The molecule has 2 rings (SSSR count). The van der Waals surface area contributed by atoms with E-state index in [1.807, 2.05) is 0 Å². The van der Waals surface area contributed by atoms with E-state index in [-0.39, 0.29) is 17.9 Å². The van der Waals surface area contributed by atoms with Crippen LogP contribution in [0.5, 0.6) is 0 Å². The summed E-state index contributed by atoms with van der Waals surface area (Å²) in [5.74, 6) is -2.24. The second-order valence-electron chi connectivity index (χ2n) is 7.72. The van der Waals surface area contributed by atoms with E-state index in [9.17, 15) is 18.4 Å². The normalized spacial score (nSPS) is 13.1. The van der Waals surface area contributed by atoms with E-state index in [2.05, 4.69) is 46.9 Å². The van der Waals surface area contributed by atoms with Gasteiger partial charge in [0, 0.05) is 18.0 Å². The minimum Gasteiger partial charge on any atom is -0.344 e. The molecule has 31 heavy (non-hydrogen) atoms. The fourth-order valence-electron chi connectivity index (χ4n) is 2.89. The molecule has 0 aliphatic heterocycles. The van der Waals surface area contributed by atoms with Crippen LogP contribution in [-0.4, -0.2) is 40.6 Å². The number of anilines is 1. The van der Waals surface area contributed by atoms with E-state index >= 15 is 0 Å². The number of aromatic nitrogens is 2. The van der Waals surface area contributed by atoms with E-state index in [0.29, 0.717) is 17.6 Å². The van der Waals surface area contributed by atoms with Crippen LogP contribution >= 0.6 is 11.3 Å². The van der Waals surface area contributed by atoms with Gasteiger partial charge in [-0.25, -0.2) is 8.78 Å². The Labute approximate surface area is 185 Å². The van der Waals surface area contributed by atoms with E-state index in [1.165, 1.54) is 11.3 Å². The monoisotopic (exact) mass is 453 g/mol. The van der Waals surface area contributed by atoms with Crippen molar-refractivity contribution in [3.05, 3.63) is 40.4 Å². The molecule has 170 valence electrons. The molecule has 0 saturated carbocycles. The fourth-order valence-corrected chi connectivity index (χ4v) is 3.72. The van der Waals surface area contributed by atoms with Gasteiger partial charge in [0.05, 0.1) is 6.42 Å². The molecule has 0 bridgehead atoms. The summed E-state index contributed by atoms with van der Waals surface area (Å²) in [7, 11) is 0. The zero-order chi connectivity index (χ0) is 23.0. The van der Waals surface area contributed by atoms with Crippen LogP contribution in [0.1, 0.15) is 57.0 Å². The van der Waals surface area contributed by atoms with Gasteiger partial charge in [0.15, 0.2) is 0 Å². The molecule has 2 atom stereocenters. The van der Waals surface area contributed by atoms with Gasteiger partial charge in [-0.2, -0.15) is 0 Å². The van der Waals surface area contributed by atoms with Gasteiger partial charge in [0.2, 0.25) is 16.9 Å². The molecular formula is C21H29F2N5O2S. The quantitative estimate of drug-likeness (QED) is 0.485. The first-order valence-electron chi connectivity index (χ1n) is 10.3. The van der Waals surface area contributed by atoms with Crippen LogP contribution in [0.25, 0.3) is 0 Å². The van der Waals surface area contributed by atoms with E-state index in [1.54, 1.807) is 6.92 Å². The summed E-state index contributed by atoms with van der Waals surface area (Å²) in [5.41, 5.74) is 0.194. The first kappa shape index (κ1) is 24.8. The maximum Gasteiger partial charge on any atom is 0.248 e. The Morgan fingerprint density at radius 2 is 1.77 bits per heavy atom. The Hall–Kier alpha value is -2.46. The molecule has 0 fully saturated rings. The van der Waals surface area contributed by atoms with Crippen LogP contribution in [0.4, 0.5) is 13.9 Å². The lowest BCUT2D eigenvalue weighted by atomic mass is 10.1. The Balaban J connectivity index is 1.89. The number of hydrogen-bond acceptors (Lipinski definition) is 6. The molecule has 2 unspecified atom stereocenters. The summed E-state index contributed by atoms with van der Waals surface area (Å²) >= 11 is 1.30. The summed E-state index contributed by atoms with van der Waals surface area (Å²) < 4.78 is 26.6. The standard InChI is InChI=1S/C21H29F2N5O2S/c1-5-17(25-18(29)10-14-8-15(22)11-16(23)9-14)19(30)26-21-28-27-20(31-21)13(4)6-7-24-12(2)3/h8-9,11-13,17,24H,5-7,10H2,1-4H3,(H,25,29)(H,26,28,30). The Kier molecular flexibility index (Phi) is 9.44. The van der Waals surface area contributed by atoms with Gasteiger partial charge in [0.1, 0.15) is 22.7 Å². The molecule has 0 aliphatic rings. The molecule has 3 N–H and O–H groups in total. The molecule has 7 nitrogen and oxygen atoms in total. The predicted molar refractivity (Wildman–Crippen MR) is 117 cm³/mol. The Morgan fingerprint density at radius 1 is 1.10 bits per heavy atom.